The minimum atomic E-state index is -0.164. The number of hydrogen-bond acceptors (Lipinski definition) is 4. The number of para-hydroxylation sites is 1. The van der Waals surface area contributed by atoms with Crippen LogP contribution in [0.3, 0.4) is 0 Å². The van der Waals surface area contributed by atoms with Crippen LogP contribution in [0.2, 0.25) is 0 Å². The van der Waals surface area contributed by atoms with Crippen molar-refractivity contribution in [2.24, 2.45) is 0 Å². The van der Waals surface area contributed by atoms with Crippen LogP contribution < -0.4 is 10.6 Å². The molecule has 0 bridgehead atoms. The Morgan fingerprint density at radius 2 is 1.74 bits per heavy atom. The van der Waals surface area contributed by atoms with Crippen molar-refractivity contribution in [1.29, 1.82) is 0 Å². The molecule has 1 aromatic heterocycles. The summed E-state index contributed by atoms with van der Waals surface area (Å²) in [5.74, 6) is 0.663. The summed E-state index contributed by atoms with van der Waals surface area (Å²) < 4.78 is 4.98. The third-order valence-corrected chi connectivity index (χ3v) is 4.45. The van der Waals surface area contributed by atoms with E-state index in [4.69, 9.17) is 4.74 Å². The van der Waals surface area contributed by atoms with Crippen molar-refractivity contribution < 1.29 is 9.53 Å². The highest BCUT2D eigenvalue weighted by molar-refractivity contribution is 5.92. The molecule has 1 heterocycles. The molecule has 0 aliphatic carbocycles. The third-order valence-electron chi connectivity index (χ3n) is 4.45. The molecule has 0 fully saturated rings. The van der Waals surface area contributed by atoms with Gasteiger partial charge in [0.25, 0.3) is 5.91 Å². The Balaban J connectivity index is 2.14. The maximum atomic E-state index is 12.1. The number of nitrogens with one attached hydrogen (secondary N) is 2. The molecule has 5 nitrogen and oxygen atoms in total. The van der Waals surface area contributed by atoms with E-state index in [1.807, 2.05) is 6.07 Å². The number of benzene rings is 1. The first kappa shape index (κ1) is 20.9. The smallest absolute Gasteiger partial charge is 0.269 e. The van der Waals surface area contributed by atoms with Crippen molar-refractivity contribution in [1.82, 2.24) is 10.3 Å². The lowest BCUT2D eigenvalue weighted by molar-refractivity contribution is 0.0943. The van der Waals surface area contributed by atoms with Gasteiger partial charge in [0.1, 0.15) is 5.69 Å². The molecule has 1 amide bonds. The number of carbonyl (C=O) groups excluding carboxylic acids is 1. The van der Waals surface area contributed by atoms with Crippen molar-refractivity contribution in [3.05, 3.63) is 53.3 Å². The van der Waals surface area contributed by atoms with Crippen molar-refractivity contribution in [2.75, 3.05) is 25.6 Å². The highest BCUT2D eigenvalue weighted by Crippen LogP contribution is 2.34. The average Bonchev–Trinajstić information content (AvgIpc) is 2.65. The minimum absolute atomic E-state index is 0.164. The number of hydrogen-bond donors (Lipinski definition) is 2. The van der Waals surface area contributed by atoms with E-state index in [1.165, 1.54) is 11.1 Å². The molecule has 5 heteroatoms. The molecule has 0 unspecified atom stereocenters. The summed E-state index contributed by atoms with van der Waals surface area (Å²) in [5, 5.41) is 6.37. The zero-order chi connectivity index (χ0) is 19.8. The van der Waals surface area contributed by atoms with E-state index >= 15 is 0 Å². The number of nitrogens with zero attached hydrogens (tertiary/aromatic N) is 1. The lowest BCUT2D eigenvalue weighted by Gasteiger charge is -2.21. The fourth-order valence-electron chi connectivity index (χ4n) is 2.95. The molecule has 0 radical (unpaired) electrons. The van der Waals surface area contributed by atoms with E-state index in [0.717, 1.165) is 17.8 Å². The quantitative estimate of drug-likeness (QED) is 0.621. The van der Waals surface area contributed by atoms with Gasteiger partial charge < -0.3 is 15.4 Å². The number of aromatic nitrogens is 1. The molecule has 0 atom stereocenters. The van der Waals surface area contributed by atoms with Crippen molar-refractivity contribution in [3.63, 3.8) is 0 Å². The van der Waals surface area contributed by atoms with Crippen LogP contribution in [0.1, 0.15) is 67.6 Å². The summed E-state index contributed by atoms with van der Waals surface area (Å²) in [5.41, 5.74) is 4.99. The molecule has 146 valence electrons. The van der Waals surface area contributed by atoms with Gasteiger partial charge in [-0.05, 0) is 41.5 Å². The highest BCUT2D eigenvalue weighted by atomic mass is 16.5. The number of rotatable bonds is 9. The van der Waals surface area contributed by atoms with Crippen LogP contribution in [0.15, 0.2) is 36.5 Å². The molecule has 2 N–H and O–H groups in total. The van der Waals surface area contributed by atoms with E-state index < -0.39 is 0 Å². The van der Waals surface area contributed by atoms with E-state index in [9.17, 15) is 4.79 Å². The summed E-state index contributed by atoms with van der Waals surface area (Å²) in [6.45, 7) is 9.98. The van der Waals surface area contributed by atoms with Gasteiger partial charge in [-0.1, -0.05) is 45.9 Å². The van der Waals surface area contributed by atoms with Gasteiger partial charge in [0.2, 0.25) is 0 Å². The van der Waals surface area contributed by atoms with Gasteiger partial charge in [-0.3, -0.25) is 4.79 Å². The molecule has 27 heavy (non-hydrogen) atoms. The lowest BCUT2D eigenvalue weighted by atomic mass is 9.92. The van der Waals surface area contributed by atoms with Crippen LogP contribution in [0, 0.1) is 0 Å². The minimum Gasteiger partial charge on any atom is -0.385 e. The fraction of sp³-hybridized carbons (Fsp3) is 0.455. The molecule has 0 saturated carbocycles. The molecule has 2 aromatic rings. The van der Waals surface area contributed by atoms with E-state index in [-0.39, 0.29) is 5.91 Å². The maximum absolute atomic E-state index is 12.1. The second kappa shape index (κ2) is 10.1. The molecule has 1 aromatic carbocycles. The second-order valence-electron chi connectivity index (χ2n) is 7.28. The molecular formula is C22H31N3O2. The summed E-state index contributed by atoms with van der Waals surface area (Å²) in [7, 11) is 1.65. The zero-order valence-corrected chi connectivity index (χ0v) is 17.0. The monoisotopic (exact) mass is 369 g/mol. The second-order valence-corrected chi connectivity index (χ2v) is 7.28. The lowest BCUT2D eigenvalue weighted by Crippen LogP contribution is -2.26. The van der Waals surface area contributed by atoms with Crippen molar-refractivity contribution >= 4 is 17.3 Å². The number of anilines is 2. The summed E-state index contributed by atoms with van der Waals surface area (Å²) in [4.78, 5) is 16.4. The van der Waals surface area contributed by atoms with E-state index in [2.05, 4.69) is 61.5 Å². The first-order valence-electron chi connectivity index (χ1n) is 9.57. The van der Waals surface area contributed by atoms with Crippen LogP contribution in [-0.4, -0.2) is 31.2 Å². The molecule has 0 aliphatic rings. The van der Waals surface area contributed by atoms with E-state index in [1.54, 1.807) is 19.4 Å². The van der Waals surface area contributed by atoms with Crippen LogP contribution in [0.25, 0.3) is 0 Å². The Kier molecular flexibility index (Phi) is 7.80. The summed E-state index contributed by atoms with van der Waals surface area (Å²) in [6, 6.07) is 10.1. The van der Waals surface area contributed by atoms with Gasteiger partial charge in [0, 0.05) is 25.9 Å². The SMILES string of the molecule is COCCCNC(=O)c1ccc(Nc2c(C(C)C)cccc2C(C)C)cn1. The van der Waals surface area contributed by atoms with Gasteiger partial charge >= 0.3 is 0 Å². The topological polar surface area (TPSA) is 63.2 Å². The molecule has 2 rings (SSSR count). The average molecular weight is 370 g/mol. The maximum Gasteiger partial charge on any atom is 0.269 e. The number of pyridine rings is 1. The first-order chi connectivity index (χ1) is 12.9. The number of ether oxygens (including phenoxy) is 1. The highest BCUT2D eigenvalue weighted by Gasteiger charge is 2.14. The largest absolute Gasteiger partial charge is 0.385 e. The van der Waals surface area contributed by atoms with Crippen molar-refractivity contribution in [3.8, 4) is 0 Å². The standard InChI is InChI=1S/C22H31N3O2/c1-15(2)18-8-6-9-19(16(3)4)21(18)25-17-10-11-20(24-14-17)22(26)23-12-7-13-27-5/h6,8-11,14-16,25H,7,12-13H2,1-5H3,(H,23,26). The Morgan fingerprint density at radius 3 is 2.26 bits per heavy atom. The Bertz CT molecular complexity index is 713. The molecule has 0 saturated heterocycles. The number of amides is 1. The molecule has 0 spiro atoms. The Hall–Kier alpha value is -2.40. The van der Waals surface area contributed by atoms with Gasteiger partial charge in [-0.2, -0.15) is 0 Å². The summed E-state index contributed by atoms with van der Waals surface area (Å²) in [6.07, 6.45) is 2.50. The Morgan fingerprint density at radius 1 is 1.07 bits per heavy atom. The van der Waals surface area contributed by atoms with Crippen LogP contribution in [0.4, 0.5) is 11.4 Å². The van der Waals surface area contributed by atoms with Crippen LogP contribution in [-0.2, 0) is 4.74 Å². The number of carbonyl (C=O) groups is 1. The fourth-order valence-corrected chi connectivity index (χ4v) is 2.95. The number of methoxy groups -OCH3 is 1. The summed E-state index contributed by atoms with van der Waals surface area (Å²) >= 11 is 0. The predicted molar refractivity (Wildman–Crippen MR) is 111 cm³/mol. The van der Waals surface area contributed by atoms with Crippen LogP contribution >= 0.6 is 0 Å². The van der Waals surface area contributed by atoms with Crippen LogP contribution in [0.5, 0.6) is 0 Å². The molecular weight excluding hydrogens is 338 g/mol. The van der Waals surface area contributed by atoms with Gasteiger partial charge in [0.15, 0.2) is 0 Å². The van der Waals surface area contributed by atoms with Crippen molar-refractivity contribution in [2.45, 2.75) is 46.0 Å². The predicted octanol–water partition coefficient (Wildman–Crippen LogP) is 4.84. The molecule has 0 aliphatic heterocycles. The normalized spacial score (nSPS) is 11.1. The van der Waals surface area contributed by atoms with Gasteiger partial charge in [0.05, 0.1) is 11.9 Å². The van der Waals surface area contributed by atoms with E-state index in [0.29, 0.717) is 30.7 Å². The van der Waals surface area contributed by atoms with Gasteiger partial charge in [-0.25, -0.2) is 4.98 Å². The third kappa shape index (κ3) is 5.79. The zero-order valence-electron chi connectivity index (χ0n) is 17.0. The Labute approximate surface area is 162 Å². The first-order valence-corrected chi connectivity index (χ1v) is 9.57. The van der Waals surface area contributed by atoms with Gasteiger partial charge in [-0.15, -0.1) is 0 Å².